The number of sulfonamides is 1. The zero-order valence-corrected chi connectivity index (χ0v) is 10.9. The van der Waals surface area contributed by atoms with E-state index in [9.17, 15) is 13.2 Å². The molecule has 17 heavy (non-hydrogen) atoms. The minimum atomic E-state index is -3.80. The van der Waals surface area contributed by atoms with Crippen molar-refractivity contribution in [1.82, 2.24) is 14.3 Å². The lowest BCUT2D eigenvalue weighted by Crippen LogP contribution is -2.27. The molecule has 0 radical (unpaired) electrons. The fourth-order valence-corrected chi connectivity index (χ4v) is 2.49. The highest BCUT2D eigenvalue weighted by Gasteiger charge is 2.21. The van der Waals surface area contributed by atoms with E-state index in [0.29, 0.717) is 0 Å². The molecule has 0 fully saturated rings. The van der Waals surface area contributed by atoms with Crippen molar-refractivity contribution in [3.63, 3.8) is 0 Å². The molecule has 9 heteroatoms. The molecule has 1 N–H and O–H groups in total. The molecule has 0 saturated heterocycles. The summed E-state index contributed by atoms with van der Waals surface area (Å²) in [6.07, 6.45) is 1.23. The lowest BCUT2D eigenvalue weighted by molar-refractivity contribution is -0.140. The average molecular weight is 282 g/mol. The van der Waals surface area contributed by atoms with Gasteiger partial charge in [-0.1, -0.05) is 11.6 Å². The van der Waals surface area contributed by atoms with E-state index in [4.69, 9.17) is 11.6 Å². The Balaban J connectivity index is 2.70. The number of nitrogens with one attached hydrogen (secondary N) is 1. The van der Waals surface area contributed by atoms with Crippen LogP contribution in [0.5, 0.6) is 0 Å². The third kappa shape index (κ3) is 3.42. The molecule has 0 spiro atoms. The van der Waals surface area contributed by atoms with E-state index < -0.39 is 16.0 Å². The summed E-state index contributed by atoms with van der Waals surface area (Å²) in [5.41, 5.74) is 0. The first-order valence-electron chi connectivity index (χ1n) is 4.61. The Kier molecular flexibility index (Phi) is 4.49. The normalized spacial score (nSPS) is 11.5. The number of carbonyl (C=O) groups excluding carboxylic acids is 1. The van der Waals surface area contributed by atoms with Gasteiger partial charge in [0.05, 0.1) is 19.9 Å². The van der Waals surface area contributed by atoms with Gasteiger partial charge in [-0.25, -0.2) is 18.1 Å². The number of rotatable bonds is 5. The number of imidazole rings is 1. The van der Waals surface area contributed by atoms with Crippen LogP contribution in [0.25, 0.3) is 0 Å². The third-order valence-electron chi connectivity index (χ3n) is 1.94. The second-order valence-corrected chi connectivity index (χ2v) is 5.22. The molecule has 0 aromatic carbocycles. The maximum Gasteiger partial charge on any atom is 0.306 e. The lowest BCUT2D eigenvalue weighted by atomic mass is 10.4. The van der Waals surface area contributed by atoms with Gasteiger partial charge in [0, 0.05) is 13.6 Å². The van der Waals surface area contributed by atoms with Gasteiger partial charge in [-0.3, -0.25) is 4.79 Å². The quantitative estimate of drug-likeness (QED) is 0.762. The van der Waals surface area contributed by atoms with Gasteiger partial charge in [0.15, 0.2) is 0 Å². The molecule has 0 amide bonds. The Bertz CT molecular complexity index is 511. The molecule has 0 saturated carbocycles. The highest BCUT2D eigenvalue weighted by atomic mass is 35.5. The molecule has 0 unspecified atom stereocenters. The number of methoxy groups -OCH3 is 1. The number of esters is 1. The standard InChI is InChI=1S/C8H12ClN3O4S/c1-12-5-10-8(7(12)9)17(14,15)11-4-3-6(13)16-2/h5,11H,3-4H2,1-2H3. The van der Waals surface area contributed by atoms with Gasteiger partial charge >= 0.3 is 5.97 Å². The van der Waals surface area contributed by atoms with E-state index in [0.717, 1.165) is 0 Å². The maximum absolute atomic E-state index is 11.7. The van der Waals surface area contributed by atoms with Crippen LogP contribution in [0.4, 0.5) is 0 Å². The summed E-state index contributed by atoms with van der Waals surface area (Å²) in [6, 6.07) is 0. The lowest BCUT2D eigenvalue weighted by Gasteiger charge is -2.04. The largest absolute Gasteiger partial charge is 0.469 e. The molecular formula is C8H12ClN3O4S. The molecule has 0 aliphatic rings. The van der Waals surface area contributed by atoms with Gasteiger partial charge in [0.1, 0.15) is 5.15 Å². The van der Waals surface area contributed by atoms with Crippen molar-refractivity contribution in [2.75, 3.05) is 13.7 Å². The van der Waals surface area contributed by atoms with Crippen molar-refractivity contribution in [2.24, 2.45) is 7.05 Å². The summed E-state index contributed by atoms with van der Waals surface area (Å²) in [5.74, 6) is -0.500. The first-order chi connectivity index (χ1) is 7.88. The molecule has 1 aromatic rings. The predicted octanol–water partition coefficient (Wildman–Crippen LogP) is -0.0851. The summed E-state index contributed by atoms with van der Waals surface area (Å²) in [5, 5.41) is -0.248. The molecule has 0 aliphatic carbocycles. The number of hydrogen-bond acceptors (Lipinski definition) is 5. The van der Waals surface area contributed by atoms with Gasteiger partial charge in [0.2, 0.25) is 5.03 Å². The zero-order chi connectivity index (χ0) is 13.1. The van der Waals surface area contributed by atoms with Gasteiger partial charge in [-0.2, -0.15) is 0 Å². The van der Waals surface area contributed by atoms with Crippen LogP contribution >= 0.6 is 11.6 Å². The van der Waals surface area contributed by atoms with Crippen LogP contribution in [0.15, 0.2) is 11.4 Å². The number of ether oxygens (including phenoxy) is 1. The van der Waals surface area contributed by atoms with Crippen LogP contribution in [0, 0.1) is 0 Å². The van der Waals surface area contributed by atoms with Crippen LogP contribution in [0.1, 0.15) is 6.42 Å². The summed E-state index contributed by atoms with van der Waals surface area (Å²) in [7, 11) is -0.995. The number of halogens is 1. The number of aryl methyl sites for hydroxylation is 1. The second kappa shape index (κ2) is 5.48. The smallest absolute Gasteiger partial charge is 0.306 e. The fraction of sp³-hybridized carbons (Fsp3) is 0.500. The SMILES string of the molecule is COC(=O)CCNS(=O)(=O)c1ncn(C)c1Cl. The first kappa shape index (κ1) is 13.9. The molecule has 0 bridgehead atoms. The Labute approximate surface area is 104 Å². The third-order valence-corrected chi connectivity index (χ3v) is 3.89. The van der Waals surface area contributed by atoms with E-state index in [2.05, 4.69) is 14.4 Å². The Morgan fingerprint density at radius 3 is 2.76 bits per heavy atom. The molecule has 0 aliphatic heterocycles. The highest BCUT2D eigenvalue weighted by Crippen LogP contribution is 2.17. The molecule has 1 heterocycles. The predicted molar refractivity (Wildman–Crippen MR) is 60.0 cm³/mol. The van der Waals surface area contributed by atoms with Crippen LogP contribution < -0.4 is 4.72 Å². The number of hydrogen-bond donors (Lipinski definition) is 1. The highest BCUT2D eigenvalue weighted by molar-refractivity contribution is 7.89. The van der Waals surface area contributed by atoms with Gasteiger partial charge in [-0.15, -0.1) is 0 Å². The Hall–Kier alpha value is -1.12. The van der Waals surface area contributed by atoms with E-state index in [-0.39, 0.29) is 23.1 Å². The van der Waals surface area contributed by atoms with Crippen LogP contribution in [0.2, 0.25) is 5.15 Å². The van der Waals surface area contributed by atoms with E-state index in [1.165, 1.54) is 18.0 Å². The monoisotopic (exact) mass is 281 g/mol. The summed E-state index contributed by atoms with van der Waals surface area (Å²) in [4.78, 5) is 14.5. The maximum atomic E-state index is 11.7. The number of nitrogens with zero attached hydrogens (tertiary/aromatic N) is 2. The summed E-state index contributed by atoms with van der Waals surface area (Å²) >= 11 is 5.75. The van der Waals surface area contributed by atoms with Crippen LogP contribution in [-0.4, -0.2) is 37.6 Å². The topological polar surface area (TPSA) is 90.3 Å². The summed E-state index contributed by atoms with van der Waals surface area (Å²) < 4.78 is 31.4. The molecule has 7 nitrogen and oxygen atoms in total. The fourth-order valence-electron chi connectivity index (χ4n) is 1.03. The van der Waals surface area contributed by atoms with E-state index in [1.54, 1.807) is 7.05 Å². The zero-order valence-electron chi connectivity index (χ0n) is 9.31. The molecule has 0 atom stereocenters. The molecule has 1 rings (SSSR count). The molecule has 1 aromatic heterocycles. The second-order valence-electron chi connectivity index (χ2n) is 3.18. The average Bonchev–Trinajstić information content (AvgIpc) is 2.59. The molecule has 96 valence electrons. The van der Waals surface area contributed by atoms with Crippen molar-refractivity contribution in [2.45, 2.75) is 11.4 Å². The Morgan fingerprint density at radius 1 is 1.65 bits per heavy atom. The van der Waals surface area contributed by atoms with E-state index in [1.807, 2.05) is 0 Å². The minimum Gasteiger partial charge on any atom is -0.469 e. The van der Waals surface area contributed by atoms with E-state index >= 15 is 0 Å². The summed E-state index contributed by atoms with van der Waals surface area (Å²) in [6.45, 7) is -0.0675. The van der Waals surface area contributed by atoms with Crippen molar-refractivity contribution in [1.29, 1.82) is 0 Å². The van der Waals surface area contributed by atoms with Gasteiger partial charge in [-0.05, 0) is 0 Å². The van der Waals surface area contributed by atoms with Gasteiger partial charge in [0.25, 0.3) is 10.0 Å². The minimum absolute atomic E-state index is 0.00979. The van der Waals surface area contributed by atoms with Crippen LogP contribution in [-0.2, 0) is 26.6 Å². The van der Waals surface area contributed by atoms with Gasteiger partial charge < -0.3 is 9.30 Å². The van der Waals surface area contributed by atoms with Crippen molar-refractivity contribution >= 4 is 27.6 Å². The van der Waals surface area contributed by atoms with Crippen LogP contribution in [0.3, 0.4) is 0 Å². The molecular weight excluding hydrogens is 270 g/mol. The van der Waals surface area contributed by atoms with Crippen molar-refractivity contribution in [3.8, 4) is 0 Å². The number of aromatic nitrogens is 2. The Morgan fingerprint density at radius 2 is 2.29 bits per heavy atom. The van der Waals surface area contributed by atoms with Crippen molar-refractivity contribution < 1.29 is 17.9 Å². The van der Waals surface area contributed by atoms with Crippen molar-refractivity contribution in [3.05, 3.63) is 11.5 Å². The first-order valence-corrected chi connectivity index (χ1v) is 6.48. The number of carbonyl (C=O) groups is 1.